The van der Waals surface area contributed by atoms with Crippen LogP contribution in [-0.2, 0) is 20.7 Å². The molecule has 0 fully saturated rings. The first-order chi connectivity index (χ1) is 14.5. The minimum Gasteiger partial charge on any atom is -0.448 e. The summed E-state index contributed by atoms with van der Waals surface area (Å²) in [6.45, 7) is -0.335. The van der Waals surface area contributed by atoms with E-state index in [4.69, 9.17) is 16.3 Å². The van der Waals surface area contributed by atoms with Crippen LogP contribution in [0.4, 0.5) is 0 Å². The number of rotatable bonds is 8. The second kappa shape index (κ2) is 10.4. The lowest BCUT2D eigenvalue weighted by atomic mass is 10.00. The van der Waals surface area contributed by atoms with Gasteiger partial charge in [-0.05, 0) is 17.7 Å². The Balaban J connectivity index is 1.66. The first-order valence-corrected chi connectivity index (χ1v) is 9.75. The van der Waals surface area contributed by atoms with Gasteiger partial charge >= 0.3 is 5.97 Å². The fourth-order valence-corrected chi connectivity index (χ4v) is 2.98. The van der Waals surface area contributed by atoms with Gasteiger partial charge in [-0.25, -0.2) is 0 Å². The van der Waals surface area contributed by atoms with Crippen LogP contribution in [0.5, 0.6) is 0 Å². The molecular weight excluding hydrogens is 402 g/mol. The predicted molar refractivity (Wildman–Crippen MR) is 114 cm³/mol. The van der Waals surface area contributed by atoms with E-state index in [0.29, 0.717) is 16.1 Å². The van der Waals surface area contributed by atoms with Crippen molar-refractivity contribution in [3.05, 3.63) is 107 Å². The summed E-state index contributed by atoms with van der Waals surface area (Å²) in [6, 6.07) is 24.3. The molecule has 30 heavy (non-hydrogen) atoms. The third-order valence-corrected chi connectivity index (χ3v) is 4.61. The topological polar surface area (TPSA) is 72.5 Å². The van der Waals surface area contributed by atoms with Crippen LogP contribution in [-0.4, -0.2) is 24.2 Å². The third kappa shape index (κ3) is 6.03. The lowest BCUT2D eigenvalue weighted by Crippen LogP contribution is -2.33. The first-order valence-electron chi connectivity index (χ1n) is 9.38. The molecule has 0 aliphatic carbocycles. The number of Topliss-reactive ketones (excluding diaryl/α,β-unsaturated/α-hetero) is 1. The average Bonchev–Trinajstić information content (AvgIpc) is 2.77. The summed E-state index contributed by atoms with van der Waals surface area (Å²) in [4.78, 5) is 37.4. The summed E-state index contributed by atoms with van der Waals surface area (Å²) in [5, 5.41) is 3.03. The number of ether oxygens (including phenoxy) is 1. The predicted octanol–water partition coefficient (Wildman–Crippen LogP) is 4.17. The van der Waals surface area contributed by atoms with Crippen LogP contribution in [0.2, 0.25) is 5.02 Å². The van der Waals surface area contributed by atoms with Crippen molar-refractivity contribution < 1.29 is 19.1 Å². The summed E-state index contributed by atoms with van der Waals surface area (Å²) in [5.41, 5.74) is 1.75. The molecule has 1 N–H and O–H groups in total. The highest BCUT2D eigenvalue weighted by Crippen LogP contribution is 2.24. The van der Waals surface area contributed by atoms with Crippen molar-refractivity contribution in [3.63, 3.8) is 0 Å². The molecule has 0 unspecified atom stereocenters. The van der Waals surface area contributed by atoms with E-state index in [0.717, 1.165) is 5.56 Å². The number of halogens is 1. The van der Waals surface area contributed by atoms with Crippen molar-refractivity contribution >= 4 is 29.3 Å². The summed E-state index contributed by atoms with van der Waals surface area (Å²) in [6.07, 6.45) is -0.985. The van der Waals surface area contributed by atoms with Gasteiger partial charge in [-0.15, -0.1) is 0 Å². The molecular formula is C24H20ClNO4. The zero-order valence-corrected chi connectivity index (χ0v) is 16.8. The largest absolute Gasteiger partial charge is 0.448 e. The Morgan fingerprint density at radius 1 is 0.833 bits per heavy atom. The Bertz CT molecular complexity index is 1000. The molecule has 0 spiro atoms. The van der Waals surface area contributed by atoms with Gasteiger partial charge in [0.25, 0.3) is 0 Å². The van der Waals surface area contributed by atoms with Gasteiger partial charge in [0.2, 0.25) is 11.7 Å². The van der Waals surface area contributed by atoms with E-state index in [1.54, 1.807) is 54.6 Å². The Morgan fingerprint density at radius 3 is 2.07 bits per heavy atom. The Kier molecular flexibility index (Phi) is 7.35. The number of amides is 1. The maximum Gasteiger partial charge on any atom is 0.326 e. The number of carbonyl (C=O) groups excluding carboxylic acids is 3. The first kappa shape index (κ1) is 21.3. The van der Waals surface area contributed by atoms with Gasteiger partial charge in [-0.3, -0.25) is 14.4 Å². The highest BCUT2D eigenvalue weighted by molar-refractivity contribution is 6.30. The Hall–Kier alpha value is -3.44. The molecule has 0 saturated heterocycles. The van der Waals surface area contributed by atoms with E-state index < -0.39 is 12.1 Å². The summed E-state index contributed by atoms with van der Waals surface area (Å²) in [7, 11) is 0. The molecule has 6 heteroatoms. The van der Waals surface area contributed by atoms with Crippen LogP contribution in [0.1, 0.15) is 27.6 Å². The zero-order chi connectivity index (χ0) is 21.3. The van der Waals surface area contributed by atoms with Gasteiger partial charge in [0.1, 0.15) is 6.54 Å². The fourth-order valence-electron chi connectivity index (χ4n) is 2.85. The minimum atomic E-state index is -1.14. The zero-order valence-electron chi connectivity index (χ0n) is 16.1. The van der Waals surface area contributed by atoms with Crippen molar-refractivity contribution in [1.82, 2.24) is 5.32 Å². The van der Waals surface area contributed by atoms with Gasteiger partial charge in [0.15, 0.2) is 6.10 Å². The third-order valence-electron chi connectivity index (χ3n) is 4.36. The molecule has 0 bridgehead atoms. The van der Waals surface area contributed by atoms with E-state index in [1.165, 1.54) is 0 Å². The maximum atomic E-state index is 12.9. The molecule has 3 aromatic rings. The van der Waals surface area contributed by atoms with Crippen molar-refractivity contribution in [3.8, 4) is 0 Å². The van der Waals surface area contributed by atoms with E-state index in [9.17, 15) is 14.4 Å². The molecule has 1 atom stereocenters. The number of hydrogen-bond donors (Lipinski definition) is 1. The smallest absolute Gasteiger partial charge is 0.326 e. The van der Waals surface area contributed by atoms with Crippen molar-refractivity contribution in [2.45, 2.75) is 12.5 Å². The molecule has 3 rings (SSSR count). The van der Waals surface area contributed by atoms with Crippen LogP contribution < -0.4 is 5.32 Å². The molecule has 0 saturated carbocycles. The highest BCUT2D eigenvalue weighted by Gasteiger charge is 2.26. The van der Waals surface area contributed by atoms with Crippen molar-refractivity contribution in [2.24, 2.45) is 0 Å². The molecule has 5 nitrogen and oxygen atoms in total. The number of ketones is 1. The van der Waals surface area contributed by atoms with Gasteiger partial charge in [-0.1, -0.05) is 84.4 Å². The van der Waals surface area contributed by atoms with Gasteiger partial charge in [0.05, 0.1) is 6.42 Å². The van der Waals surface area contributed by atoms with Gasteiger partial charge < -0.3 is 10.1 Å². The molecule has 152 valence electrons. The van der Waals surface area contributed by atoms with Crippen LogP contribution in [0.15, 0.2) is 84.9 Å². The van der Waals surface area contributed by atoms with Crippen LogP contribution in [0, 0.1) is 0 Å². The Morgan fingerprint density at radius 2 is 1.43 bits per heavy atom. The molecule has 0 heterocycles. The van der Waals surface area contributed by atoms with E-state index >= 15 is 0 Å². The quantitative estimate of drug-likeness (QED) is 0.437. The summed E-state index contributed by atoms with van der Waals surface area (Å²) < 4.78 is 5.45. The standard InChI is InChI=1S/C24H20ClNO4/c25-20-13-11-19(12-14-20)24(23(29)18-9-5-2-6-10-18)30-22(28)16-26-21(27)15-17-7-3-1-4-8-17/h1-14,24H,15-16H2,(H,26,27)/t24-/m0/s1. The summed E-state index contributed by atoms with van der Waals surface area (Å²) >= 11 is 5.93. The monoisotopic (exact) mass is 421 g/mol. The van der Waals surface area contributed by atoms with E-state index in [1.807, 2.05) is 30.3 Å². The lowest BCUT2D eigenvalue weighted by Gasteiger charge is -2.18. The second-order valence-corrected chi connectivity index (χ2v) is 7.03. The maximum absolute atomic E-state index is 12.9. The van der Waals surface area contributed by atoms with Crippen molar-refractivity contribution in [1.29, 1.82) is 0 Å². The highest BCUT2D eigenvalue weighted by atomic mass is 35.5. The fraction of sp³-hybridized carbons (Fsp3) is 0.125. The minimum absolute atomic E-state index is 0.150. The molecule has 0 radical (unpaired) electrons. The second-order valence-electron chi connectivity index (χ2n) is 6.59. The number of nitrogens with one attached hydrogen (secondary N) is 1. The average molecular weight is 422 g/mol. The summed E-state index contributed by atoms with van der Waals surface area (Å²) in [5.74, 6) is -1.38. The molecule has 0 aliphatic heterocycles. The number of benzene rings is 3. The van der Waals surface area contributed by atoms with Crippen LogP contribution in [0.25, 0.3) is 0 Å². The number of esters is 1. The van der Waals surface area contributed by atoms with Gasteiger partial charge in [0, 0.05) is 16.1 Å². The normalized spacial score (nSPS) is 11.4. The van der Waals surface area contributed by atoms with E-state index in [2.05, 4.69) is 5.32 Å². The molecule has 3 aromatic carbocycles. The van der Waals surface area contributed by atoms with Crippen LogP contribution in [0.3, 0.4) is 0 Å². The van der Waals surface area contributed by atoms with E-state index in [-0.39, 0.29) is 24.7 Å². The number of hydrogen-bond acceptors (Lipinski definition) is 4. The Labute approximate surface area is 179 Å². The lowest BCUT2D eigenvalue weighted by molar-refractivity contribution is -0.147. The van der Waals surface area contributed by atoms with Crippen molar-refractivity contribution in [2.75, 3.05) is 6.54 Å². The molecule has 1 amide bonds. The van der Waals surface area contributed by atoms with Crippen LogP contribution >= 0.6 is 11.6 Å². The van der Waals surface area contributed by atoms with Gasteiger partial charge in [-0.2, -0.15) is 0 Å². The SMILES string of the molecule is O=C(Cc1ccccc1)NCC(=O)O[C@H](C(=O)c1ccccc1)c1ccc(Cl)cc1. The molecule has 0 aromatic heterocycles. The molecule has 0 aliphatic rings. The number of carbonyl (C=O) groups is 3.